The van der Waals surface area contributed by atoms with Gasteiger partial charge in [-0.2, -0.15) is 8.78 Å². The van der Waals surface area contributed by atoms with Crippen LogP contribution in [0.15, 0.2) is 23.1 Å². The van der Waals surface area contributed by atoms with Crippen molar-refractivity contribution >= 4 is 11.1 Å². The molecule has 0 heterocycles. The van der Waals surface area contributed by atoms with Gasteiger partial charge in [0.2, 0.25) is 0 Å². The largest absolute Gasteiger partial charge is 1.00 e. The van der Waals surface area contributed by atoms with Crippen LogP contribution in [0.4, 0.5) is 13.2 Å². The van der Waals surface area contributed by atoms with Crippen molar-refractivity contribution in [1.29, 1.82) is 0 Å². The Kier molecular flexibility index (Phi) is 5.98. The van der Waals surface area contributed by atoms with E-state index < -0.39 is 29.3 Å². The van der Waals surface area contributed by atoms with Gasteiger partial charge in [0.25, 0.3) is 0 Å². The maximum Gasteiger partial charge on any atom is 1.00 e. The molecule has 0 bridgehead atoms. The van der Waals surface area contributed by atoms with Crippen molar-refractivity contribution in [3.8, 4) is 5.75 Å². The molecule has 0 aliphatic carbocycles. The molecule has 0 amide bonds. The van der Waals surface area contributed by atoms with Crippen LogP contribution in [0.2, 0.25) is 0 Å². The number of hydrogen-bond donors (Lipinski definition) is 0. The zero-order chi connectivity index (χ0) is 10.7. The number of ether oxygens (including phenoxy) is 1. The maximum atomic E-state index is 12.7. The second-order valence-electron chi connectivity index (χ2n) is 2.21. The standard InChI is InChI=1S/C7H5F3O3S.Li/c8-5-2-1-4(14(11)12)3-6(5)13-7(9)10;/h1-3,7H,(H,11,12);/q;+1/p-1. The van der Waals surface area contributed by atoms with E-state index >= 15 is 0 Å². The summed E-state index contributed by atoms with van der Waals surface area (Å²) in [6.45, 7) is -3.19. The van der Waals surface area contributed by atoms with E-state index in [0.29, 0.717) is 6.07 Å². The average Bonchev–Trinajstić information content (AvgIpc) is 2.07. The fourth-order valence-electron chi connectivity index (χ4n) is 0.774. The molecule has 0 aliphatic rings. The van der Waals surface area contributed by atoms with Gasteiger partial charge in [0.1, 0.15) is 0 Å². The molecule has 78 valence electrons. The molecule has 1 aromatic carbocycles. The molecular formula is C7H4F3LiO3S. The second kappa shape index (κ2) is 6.18. The van der Waals surface area contributed by atoms with Crippen LogP contribution in [0.1, 0.15) is 0 Å². The molecule has 0 aliphatic heterocycles. The van der Waals surface area contributed by atoms with Crippen molar-refractivity contribution in [3.05, 3.63) is 24.0 Å². The van der Waals surface area contributed by atoms with E-state index in [1.807, 2.05) is 0 Å². The minimum Gasteiger partial charge on any atom is -0.768 e. The van der Waals surface area contributed by atoms with Gasteiger partial charge in [0, 0.05) is 4.90 Å². The molecule has 0 radical (unpaired) electrons. The molecule has 0 aromatic heterocycles. The smallest absolute Gasteiger partial charge is 0.768 e. The monoisotopic (exact) mass is 232 g/mol. The molecule has 3 nitrogen and oxygen atoms in total. The molecule has 1 aromatic rings. The molecule has 0 fully saturated rings. The third kappa shape index (κ3) is 4.26. The van der Waals surface area contributed by atoms with Gasteiger partial charge < -0.3 is 9.29 Å². The number of benzene rings is 1. The molecule has 1 unspecified atom stereocenters. The SMILES string of the molecule is O=S([O-])c1ccc(F)c(OC(F)F)c1.[Li+]. The van der Waals surface area contributed by atoms with Crippen molar-refractivity contribution in [3.63, 3.8) is 0 Å². The summed E-state index contributed by atoms with van der Waals surface area (Å²) in [5, 5.41) is 0. The molecule has 0 saturated heterocycles. The zero-order valence-corrected chi connectivity index (χ0v) is 8.39. The van der Waals surface area contributed by atoms with Crippen LogP contribution in [0.5, 0.6) is 5.75 Å². The van der Waals surface area contributed by atoms with Crippen molar-refractivity contribution in [2.75, 3.05) is 0 Å². The van der Waals surface area contributed by atoms with Gasteiger partial charge in [-0.1, -0.05) is 0 Å². The number of rotatable bonds is 3. The van der Waals surface area contributed by atoms with Crippen LogP contribution < -0.4 is 23.6 Å². The molecule has 0 spiro atoms. The summed E-state index contributed by atoms with van der Waals surface area (Å²) in [5.41, 5.74) is 0. The van der Waals surface area contributed by atoms with Crippen LogP contribution in [-0.4, -0.2) is 15.4 Å². The Hall–Kier alpha value is -0.483. The Labute approximate surface area is 98.1 Å². The molecule has 1 atom stereocenters. The summed E-state index contributed by atoms with van der Waals surface area (Å²) < 4.78 is 60.6. The Morgan fingerprint density at radius 1 is 1.40 bits per heavy atom. The molecule has 0 N–H and O–H groups in total. The number of alkyl halides is 2. The Balaban J connectivity index is 0.00000196. The fourth-order valence-corrected chi connectivity index (χ4v) is 1.16. The van der Waals surface area contributed by atoms with E-state index in [0.717, 1.165) is 12.1 Å². The Morgan fingerprint density at radius 2 is 2.00 bits per heavy atom. The van der Waals surface area contributed by atoms with E-state index in [1.54, 1.807) is 0 Å². The van der Waals surface area contributed by atoms with Gasteiger partial charge in [-0.15, -0.1) is 0 Å². The molecule has 8 heteroatoms. The van der Waals surface area contributed by atoms with Crippen LogP contribution in [-0.2, 0) is 11.1 Å². The topological polar surface area (TPSA) is 49.4 Å². The predicted molar refractivity (Wildman–Crippen MR) is 40.2 cm³/mol. The van der Waals surface area contributed by atoms with Crippen LogP contribution >= 0.6 is 0 Å². The van der Waals surface area contributed by atoms with Crippen molar-refractivity contribution in [1.82, 2.24) is 0 Å². The van der Waals surface area contributed by atoms with Gasteiger partial charge in [0.15, 0.2) is 11.6 Å². The molecular weight excluding hydrogens is 228 g/mol. The summed E-state index contributed by atoms with van der Waals surface area (Å²) in [6, 6.07) is 2.37. The maximum absolute atomic E-state index is 12.7. The third-order valence-electron chi connectivity index (χ3n) is 1.31. The minimum atomic E-state index is -3.19. The first-order chi connectivity index (χ1) is 6.50. The molecule has 0 saturated carbocycles. The van der Waals surface area contributed by atoms with E-state index in [-0.39, 0.29) is 23.8 Å². The summed E-state index contributed by atoms with van der Waals surface area (Å²) >= 11 is -2.60. The van der Waals surface area contributed by atoms with E-state index in [4.69, 9.17) is 0 Å². The van der Waals surface area contributed by atoms with Crippen LogP contribution in [0.25, 0.3) is 0 Å². The molecule has 1 rings (SSSR count). The summed E-state index contributed by atoms with van der Waals surface area (Å²) in [5.74, 6) is -1.83. The van der Waals surface area contributed by atoms with Gasteiger partial charge in [0.05, 0.1) is 0 Å². The van der Waals surface area contributed by atoms with E-state index in [2.05, 4.69) is 4.74 Å². The third-order valence-corrected chi connectivity index (χ3v) is 1.95. The summed E-state index contributed by atoms with van der Waals surface area (Å²) in [4.78, 5) is -0.318. The normalized spacial score (nSPS) is 12.1. The first kappa shape index (κ1) is 14.5. The predicted octanol–water partition coefficient (Wildman–Crippen LogP) is -1.33. The second-order valence-corrected chi connectivity index (χ2v) is 3.15. The zero-order valence-electron chi connectivity index (χ0n) is 7.58. The van der Waals surface area contributed by atoms with Crippen molar-refractivity contribution in [2.45, 2.75) is 11.5 Å². The quantitative estimate of drug-likeness (QED) is 0.479. The Morgan fingerprint density at radius 3 is 2.47 bits per heavy atom. The van der Waals surface area contributed by atoms with Gasteiger partial charge in [-0.3, -0.25) is 4.21 Å². The fraction of sp³-hybridized carbons (Fsp3) is 0.143. The number of halogens is 3. The molecule has 15 heavy (non-hydrogen) atoms. The van der Waals surface area contributed by atoms with Gasteiger partial charge in [-0.05, 0) is 29.3 Å². The van der Waals surface area contributed by atoms with E-state index in [9.17, 15) is 21.9 Å². The van der Waals surface area contributed by atoms with Crippen LogP contribution in [0, 0.1) is 5.82 Å². The van der Waals surface area contributed by atoms with Gasteiger partial charge >= 0.3 is 25.5 Å². The van der Waals surface area contributed by atoms with E-state index in [1.165, 1.54) is 0 Å². The first-order valence-corrected chi connectivity index (χ1v) is 4.42. The summed E-state index contributed by atoms with van der Waals surface area (Å²) in [7, 11) is 0. The van der Waals surface area contributed by atoms with Gasteiger partial charge in [-0.25, -0.2) is 4.39 Å². The van der Waals surface area contributed by atoms with Crippen LogP contribution in [0.3, 0.4) is 0 Å². The van der Waals surface area contributed by atoms with Crippen molar-refractivity contribution in [2.24, 2.45) is 0 Å². The van der Waals surface area contributed by atoms with Crippen molar-refractivity contribution < 1.29 is 45.5 Å². The first-order valence-electron chi connectivity index (χ1n) is 3.34. The minimum absolute atomic E-state index is 0. The number of hydrogen-bond acceptors (Lipinski definition) is 3. The Bertz CT molecular complexity index is 361. The average molecular weight is 232 g/mol. The summed E-state index contributed by atoms with van der Waals surface area (Å²) in [6.07, 6.45) is 0.